The van der Waals surface area contributed by atoms with Gasteiger partial charge < -0.3 is 41.9 Å². The van der Waals surface area contributed by atoms with Crippen molar-refractivity contribution < 1.29 is 48.1 Å². The molecule has 1 aliphatic carbocycles. The molecule has 0 bridgehead atoms. The molecule has 0 spiro atoms. The summed E-state index contributed by atoms with van der Waals surface area (Å²) in [6.07, 6.45) is 7.09. The quantitative estimate of drug-likeness (QED) is 0.0322. The highest BCUT2D eigenvalue weighted by molar-refractivity contribution is 5.96. The molecule has 1 unspecified atom stereocenters. The van der Waals surface area contributed by atoms with E-state index in [1.807, 2.05) is 67.7 Å². The summed E-state index contributed by atoms with van der Waals surface area (Å²) < 4.78 is 1.77. The van der Waals surface area contributed by atoms with E-state index >= 15 is 0 Å². The van der Waals surface area contributed by atoms with Gasteiger partial charge in [-0.3, -0.25) is 38.4 Å². The number of unbranched alkanes of at least 4 members (excludes halogenated alkanes) is 1. The first-order valence-corrected chi connectivity index (χ1v) is 28.0. The van der Waals surface area contributed by atoms with E-state index in [4.69, 9.17) is 5.73 Å². The Morgan fingerprint density at radius 1 is 0.779 bits per heavy atom. The number of primary amides is 1. The first kappa shape index (κ1) is 63.4. The maximum Gasteiger partial charge on any atom is 0.237 e. The molecule has 6 atom stereocenters. The number of ketones is 3. The molecule has 0 aliphatic heterocycles. The summed E-state index contributed by atoms with van der Waals surface area (Å²) in [6, 6.07) is 16.9. The predicted molar refractivity (Wildman–Crippen MR) is 293 cm³/mol. The first-order valence-electron chi connectivity index (χ1n) is 28.0. The molecule has 5 amide bonds. The summed E-state index contributed by atoms with van der Waals surface area (Å²) in [5.41, 5.74) is 7.67. The monoisotopic (exact) mass is 1070 g/mol. The minimum Gasteiger partial charge on any atom is -0.393 e. The number of amides is 5. The number of aromatic nitrogens is 3. The molecule has 1 heterocycles. The number of aromatic amines is 1. The van der Waals surface area contributed by atoms with Gasteiger partial charge in [0.2, 0.25) is 35.2 Å². The number of nitrogens with two attached hydrogens (primary N) is 1. The average Bonchev–Trinajstić information content (AvgIpc) is 3.86. The van der Waals surface area contributed by atoms with Gasteiger partial charge in [0.05, 0.1) is 37.2 Å². The number of aliphatic hydroxyl groups is 1. The number of benzene rings is 2. The van der Waals surface area contributed by atoms with Crippen LogP contribution < -0.4 is 31.7 Å². The summed E-state index contributed by atoms with van der Waals surface area (Å²) >= 11 is 0. The largest absolute Gasteiger partial charge is 0.393 e. The van der Waals surface area contributed by atoms with Gasteiger partial charge in [0.15, 0.2) is 17.8 Å². The molecule has 0 radical (unpaired) electrons. The zero-order chi connectivity index (χ0) is 56.3. The number of hydrogen-bond donors (Lipinski definition) is 7. The molecule has 1 saturated carbocycles. The molecule has 4 rings (SSSR count). The highest BCUT2D eigenvalue weighted by atomic mass is 16.3. The fourth-order valence-electron chi connectivity index (χ4n) is 10.0. The fourth-order valence-corrected chi connectivity index (χ4v) is 10.0. The molecular weight excluding hydrogens is 981 g/mol. The van der Waals surface area contributed by atoms with Gasteiger partial charge in [0.25, 0.3) is 0 Å². The van der Waals surface area contributed by atoms with Crippen LogP contribution in [-0.2, 0) is 64.3 Å². The van der Waals surface area contributed by atoms with Crippen LogP contribution in [-0.4, -0.2) is 136 Å². The van der Waals surface area contributed by atoms with Crippen LogP contribution in [0.15, 0.2) is 66.9 Å². The number of hydrogen-bond acceptors (Lipinski definition) is 12. The third-order valence-corrected chi connectivity index (χ3v) is 14.7. The minimum absolute atomic E-state index is 0.00778. The molecule has 1 aliphatic rings. The Morgan fingerprint density at radius 3 is 1.99 bits per heavy atom. The van der Waals surface area contributed by atoms with Crippen molar-refractivity contribution in [3.05, 3.63) is 83.7 Å². The van der Waals surface area contributed by atoms with E-state index in [1.165, 1.54) is 11.8 Å². The van der Waals surface area contributed by atoms with Crippen LogP contribution in [0.4, 0.5) is 0 Å². The molecule has 424 valence electrons. The lowest BCUT2D eigenvalue weighted by molar-refractivity contribution is -0.753. The molecule has 19 nitrogen and oxygen atoms in total. The number of carbonyl (C=O) groups excluding carboxylic acids is 8. The average molecular weight is 1070 g/mol. The normalized spacial score (nSPS) is 15.2. The van der Waals surface area contributed by atoms with Crippen LogP contribution in [0, 0.1) is 23.7 Å². The number of aliphatic hydroxyl groups excluding tert-OH is 1. The van der Waals surface area contributed by atoms with Crippen molar-refractivity contribution in [1.29, 1.82) is 0 Å². The van der Waals surface area contributed by atoms with E-state index < -0.39 is 83.5 Å². The van der Waals surface area contributed by atoms with Crippen LogP contribution >= 0.6 is 0 Å². The summed E-state index contributed by atoms with van der Waals surface area (Å²) in [5.74, 6) is -6.62. The topological polar surface area (TPSA) is 270 Å². The van der Waals surface area contributed by atoms with E-state index in [2.05, 4.69) is 57.3 Å². The van der Waals surface area contributed by atoms with Crippen LogP contribution in [0.5, 0.6) is 0 Å². The lowest BCUT2D eigenvalue weighted by Crippen LogP contribution is -2.48. The van der Waals surface area contributed by atoms with Crippen molar-refractivity contribution in [3.8, 4) is 0 Å². The van der Waals surface area contributed by atoms with Crippen LogP contribution in [0.25, 0.3) is 0 Å². The van der Waals surface area contributed by atoms with Crippen molar-refractivity contribution in [2.45, 2.75) is 168 Å². The Labute approximate surface area is 456 Å². The first-order chi connectivity index (χ1) is 36.9. The number of Topliss-reactive ketones (excluding diaryl/α,β-unsaturated/α-hetero) is 3. The van der Waals surface area contributed by atoms with Gasteiger partial charge in [0.1, 0.15) is 12.3 Å². The lowest BCUT2D eigenvalue weighted by Gasteiger charge is -2.27. The predicted octanol–water partition coefficient (Wildman–Crippen LogP) is 3.69. The van der Waals surface area contributed by atoms with E-state index in [0.29, 0.717) is 37.5 Å². The number of nitrogens with zero attached hydrogens (tertiary/aromatic N) is 4. The molecule has 77 heavy (non-hydrogen) atoms. The van der Waals surface area contributed by atoms with Crippen LogP contribution in [0.1, 0.15) is 135 Å². The maximum absolute atomic E-state index is 14.6. The van der Waals surface area contributed by atoms with Crippen molar-refractivity contribution in [3.63, 3.8) is 0 Å². The smallest absolute Gasteiger partial charge is 0.237 e. The highest BCUT2D eigenvalue weighted by Gasteiger charge is 2.35. The molecule has 0 saturated heterocycles. The zero-order valence-electron chi connectivity index (χ0n) is 46.6. The number of nitrogens with one attached hydrogen (secondary N) is 5. The minimum atomic E-state index is -1.29. The van der Waals surface area contributed by atoms with Gasteiger partial charge in [-0.15, -0.1) is 0 Å². The Balaban J connectivity index is 1.48. The molecule has 3 aromatic rings. The highest BCUT2D eigenvalue weighted by Crippen LogP contribution is 2.28. The number of H-pyrrole nitrogens is 1. The van der Waals surface area contributed by atoms with Crippen LogP contribution in [0.2, 0.25) is 0 Å². The van der Waals surface area contributed by atoms with Gasteiger partial charge in [-0.2, -0.15) is 4.68 Å². The van der Waals surface area contributed by atoms with Crippen molar-refractivity contribution in [2.24, 2.45) is 29.4 Å². The number of carbonyl (C=O) groups is 8. The van der Waals surface area contributed by atoms with Crippen LogP contribution in [0.3, 0.4) is 0 Å². The summed E-state index contributed by atoms with van der Waals surface area (Å²) in [4.78, 5) is 113. The standard InChI is InChI=1S/C58H88N10O9/c1-7-66(40(2)3)30-18-17-26-50(53(72)36-49(42(5)69)58(77)61-29-27-55(74)67(39-54(59)73)37-48-38-68(65-64-48)31-19-28-60-6)63-57(76)46(32-43-20-11-8-12-21-43)34-51(70)41(4)62-56(75)47(33-44-22-13-9-14-23-44)35-52(71)45-24-15-10-16-25-45/h8-9,11-14,20-23,38,40-42,45-47,49-50,60,69H,7,10,15-19,24-37,39H2,1-6H3,(H5,59,61,62,63,73,75,76,77)/p+1/t41-,42+,46+,47+,49?,50-/m0/s1. The Hall–Kier alpha value is -6.18. The van der Waals surface area contributed by atoms with Gasteiger partial charge >= 0.3 is 0 Å². The van der Waals surface area contributed by atoms with Crippen molar-refractivity contribution in [1.82, 2.24) is 41.4 Å². The van der Waals surface area contributed by atoms with E-state index in [1.54, 1.807) is 17.8 Å². The molecule has 1 aromatic heterocycles. The lowest BCUT2D eigenvalue weighted by atomic mass is 9.81. The fraction of sp³-hybridized carbons (Fsp3) is 0.621. The third-order valence-electron chi connectivity index (χ3n) is 14.7. The molecule has 2 aromatic carbocycles. The number of aryl methyl sites for hydroxylation is 1. The van der Waals surface area contributed by atoms with E-state index in [0.717, 1.165) is 69.3 Å². The van der Waals surface area contributed by atoms with Gasteiger partial charge in [0, 0.05) is 61.1 Å². The zero-order valence-corrected chi connectivity index (χ0v) is 46.6. The van der Waals surface area contributed by atoms with Gasteiger partial charge in [-0.1, -0.05) is 92.1 Å². The summed E-state index contributed by atoms with van der Waals surface area (Å²) in [6.45, 7) is 11.8. The second-order valence-corrected chi connectivity index (χ2v) is 21.2. The molecular formula is C58H89N10O9+. The Bertz CT molecular complexity index is 2320. The molecule has 1 fully saturated rings. The Kier molecular flexibility index (Phi) is 27.9. The second-order valence-electron chi connectivity index (χ2n) is 21.2. The van der Waals surface area contributed by atoms with Crippen molar-refractivity contribution in [2.75, 3.05) is 39.8 Å². The van der Waals surface area contributed by atoms with Crippen molar-refractivity contribution >= 4 is 46.9 Å². The van der Waals surface area contributed by atoms with E-state index in [9.17, 15) is 43.5 Å². The Morgan fingerprint density at radius 2 is 1.40 bits per heavy atom. The van der Waals surface area contributed by atoms with E-state index in [-0.39, 0.29) is 63.4 Å². The second kappa shape index (κ2) is 33.9. The summed E-state index contributed by atoms with van der Waals surface area (Å²) in [7, 11) is 1.86. The SMILES string of the molecule is CCN(CCCC[C@H](NC(=O)[C@@H](CC(=O)[C@H](C)NC(=O)[C@@H](CC(=O)C1CCCCC1)Cc1ccccc1)Cc1ccccc1)C(=O)CC(C(=O)NCCC(=O)N(CC(N)=O)Cc1c[n+](CCCNC)[nH]n1)[C@@H](C)O)C(C)C. The number of rotatable bonds is 37. The summed E-state index contributed by atoms with van der Waals surface area (Å²) in [5, 5.41) is 29.6. The molecule has 19 heteroatoms. The third kappa shape index (κ3) is 22.7. The maximum atomic E-state index is 14.6. The van der Waals surface area contributed by atoms with Gasteiger partial charge in [-0.05, 0) is 117 Å². The van der Waals surface area contributed by atoms with Gasteiger partial charge in [-0.25, -0.2) is 0 Å². The molecule has 8 N–H and O–H groups in total.